The van der Waals surface area contributed by atoms with Gasteiger partial charge in [-0.1, -0.05) is 39.0 Å². The number of likely N-dealkylation sites (tertiary alicyclic amines) is 1. The molecule has 0 bridgehead atoms. The Balaban J connectivity index is 1.66. The molecule has 2 aromatic carbocycles. The second kappa shape index (κ2) is 10.3. The number of aryl methyl sites for hydroxylation is 1. The number of hydrogen-bond donors (Lipinski definition) is 1. The van der Waals surface area contributed by atoms with Crippen molar-refractivity contribution in [1.82, 2.24) is 9.80 Å². The van der Waals surface area contributed by atoms with Crippen molar-refractivity contribution in [2.75, 3.05) is 26.0 Å². The Kier molecular flexibility index (Phi) is 7.26. The van der Waals surface area contributed by atoms with Crippen molar-refractivity contribution in [2.45, 2.75) is 57.7 Å². The quantitative estimate of drug-likeness (QED) is 0.578. The fraction of sp³-hybridized carbons (Fsp3) is 0.448. The third kappa shape index (κ3) is 4.66. The lowest BCUT2D eigenvalue weighted by Gasteiger charge is -2.32. The first kappa shape index (κ1) is 26.2. The van der Waals surface area contributed by atoms with E-state index in [1.165, 1.54) is 9.80 Å². The number of anilines is 1. The summed E-state index contributed by atoms with van der Waals surface area (Å²) in [5.41, 5.74) is 1.99. The standard InChI is InChI=1S/C29H34N4O4/c1-7-19-13-20(15-21(14-19)37-6)26(34)32(5)24(12-18(2)3)27(35)33-17-29(16-25(33)30-4)22-10-8-9-11-23(22)31-28(29)36/h8-11,13-15,18,24-25H,7,12,16-17H2,1-3,5-6H3,(H,31,36)/t24-,25-,29-/m0/s1. The van der Waals surface area contributed by atoms with Gasteiger partial charge in [-0.2, -0.15) is 0 Å². The van der Waals surface area contributed by atoms with Crippen molar-refractivity contribution in [3.05, 3.63) is 70.6 Å². The van der Waals surface area contributed by atoms with Crippen LogP contribution in [0.25, 0.3) is 4.85 Å². The molecule has 3 atom stereocenters. The number of hydrogen-bond acceptors (Lipinski definition) is 4. The van der Waals surface area contributed by atoms with Crippen LogP contribution in [0.5, 0.6) is 5.75 Å². The summed E-state index contributed by atoms with van der Waals surface area (Å²) >= 11 is 0. The van der Waals surface area contributed by atoms with Gasteiger partial charge in [0.05, 0.1) is 13.5 Å². The number of nitrogens with one attached hydrogen (secondary N) is 1. The maximum Gasteiger partial charge on any atom is 0.302 e. The molecule has 1 saturated heterocycles. The van der Waals surface area contributed by atoms with Gasteiger partial charge in [0.1, 0.15) is 17.2 Å². The summed E-state index contributed by atoms with van der Waals surface area (Å²) in [6.45, 7) is 13.9. The van der Waals surface area contributed by atoms with E-state index in [0.29, 0.717) is 17.7 Å². The Bertz CT molecular complexity index is 1240. The van der Waals surface area contributed by atoms with Gasteiger partial charge in [0.2, 0.25) is 5.91 Å². The molecule has 0 aliphatic carbocycles. The van der Waals surface area contributed by atoms with Gasteiger partial charge in [-0.05, 0) is 54.2 Å². The maximum absolute atomic E-state index is 14.1. The SMILES string of the molecule is [C-]#[N+][C@@H]1C[C@@]2(CN1C(=O)[C@H](CC(C)C)N(C)C(=O)c1cc(CC)cc(OC)c1)C(=O)Nc1ccccc12. The smallest absolute Gasteiger partial charge is 0.302 e. The minimum atomic E-state index is -0.963. The van der Waals surface area contributed by atoms with Gasteiger partial charge in [0, 0.05) is 24.8 Å². The van der Waals surface area contributed by atoms with E-state index in [-0.39, 0.29) is 36.6 Å². The molecule has 8 nitrogen and oxygen atoms in total. The molecule has 2 aliphatic rings. The van der Waals surface area contributed by atoms with E-state index in [4.69, 9.17) is 11.3 Å². The third-order valence-corrected chi connectivity index (χ3v) is 7.51. The van der Waals surface area contributed by atoms with Crippen LogP contribution in [0.15, 0.2) is 42.5 Å². The van der Waals surface area contributed by atoms with Gasteiger partial charge in [0.15, 0.2) is 0 Å². The van der Waals surface area contributed by atoms with Gasteiger partial charge in [-0.25, -0.2) is 6.57 Å². The minimum Gasteiger partial charge on any atom is -0.497 e. The number of amides is 3. The summed E-state index contributed by atoms with van der Waals surface area (Å²) in [5, 5.41) is 2.92. The predicted molar refractivity (Wildman–Crippen MR) is 141 cm³/mol. The largest absolute Gasteiger partial charge is 0.497 e. The number of likely N-dealkylation sites (N-methyl/N-ethyl adjacent to an activating group) is 1. The number of carbonyl (C=O) groups is 3. The van der Waals surface area contributed by atoms with Crippen LogP contribution in [-0.2, 0) is 21.4 Å². The van der Waals surface area contributed by atoms with Crippen molar-refractivity contribution < 1.29 is 19.1 Å². The molecule has 0 saturated carbocycles. The normalized spacial score (nSPS) is 20.9. The van der Waals surface area contributed by atoms with Crippen molar-refractivity contribution >= 4 is 23.4 Å². The molecule has 1 fully saturated rings. The molecule has 3 amide bonds. The Morgan fingerprint density at radius 3 is 2.65 bits per heavy atom. The summed E-state index contributed by atoms with van der Waals surface area (Å²) in [6, 6.07) is 12.1. The monoisotopic (exact) mass is 502 g/mol. The minimum absolute atomic E-state index is 0.109. The average molecular weight is 503 g/mol. The number of fused-ring (bicyclic) bond motifs is 2. The molecule has 2 aliphatic heterocycles. The number of para-hydroxylation sites is 1. The lowest BCUT2D eigenvalue weighted by Crippen LogP contribution is -2.51. The molecule has 0 aromatic heterocycles. The fourth-order valence-corrected chi connectivity index (χ4v) is 5.47. The van der Waals surface area contributed by atoms with Crippen LogP contribution in [0.4, 0.5) is 5.69 Å². The Morgan fingerprint density at radius 1 is 1.27 bits per heavy atom. The highest BCUT2D eigenvalue weighted by Gasteiger charge is 2.59. The Morgan fingerprint density at radius 2 is 2.00 bits per heavy atom. The van der Waals surface area contributed by atoms with Gasteiger partial charge in [-0.3, -0.25) is 24.1 Å². The molecular weight excluding hydrogens is 468 g/mol. The summed E-state index contributed by atoms with van der Waals surface area (Å²) in [5.74, 6) is -0.0727. The highest BCUT2D eigenvalue weighted by atomic mass is 16.5. The molecular formula is C29H34N4O4. The molecule has 1 spiro atoms. The summed E-state index contributed by atoms with van der Waals surface area (Å²) in [4.78, 5) is 47.6. The van der Waals surface area contributed by atoms with E-state index < -0.39 is 17.6 Å². The van der Waals surface area contributed by atoms with Crippen LogP contribution in [0.3, 0.4) is 0 Å². The van der Waals surface area contributed by atoms with E-state index in [9.17, 15) is 14.4 Å². The highest BCUT2D eigenvalue weighted by Crippen LogP contribution is 2.47. The third-order valence-electron chi connectivity index (χ3n) is 7.51. The van der Waals surface area contributed by atoms with E-state index in [2.05, 4.69) is 10.2 Å². The number of methoxy groups -OCH3 is 1. The zero-order chi connectivity index (χ0) is 26.9. The van der Waals surface area contributed by atoms with Crippen LogP contribution in [0, 0.1) is 12.5 Å². The van der Waals surface area contributed by atoms with Crippen molar-refractivity contribution in [3.63, 3.8) is 0 Å². The molecule has 1 N–H and O–H groups in total. The lowest BCUT2D eigenvalue weighted by molar-refractivity contribution is -0.136. The first-order valence-electron chi connectivity index (χ1n) is 12.7. The summed E-state index contributed by atoms with van der Waals surface area (Å²) in [6.07, 6.45) is 0.614. The van der Waals surface area contributed by atoms with Gasteiger partial charge in [0.25, 0.3) is 11.8 Å². The second-order valence-corrected chi connectivity index (χ2v) is 10.3. The molecule has 8 heteroatoms. The first-order chi connectivity index (χ1) is 17.6. The van der Waals surface area contributed by atoms with Crippen molar-refractivity contribution in [2.24, 2.45) is 5.92 Å². The van der Waals surface area contributed by atoms with E-state index in [1.54, 1.807) is 20.2 Å². The number of nitrogens with zero attached hydrogens (tertiary/aromatic N) is 3. The molecule has 2 heterocycles. The van der Waals surface area contributed by atoms with Gasteiger partial charge in [-0.15, -0.1) is 0 Å². The van der Waals surface area contributed by atoms with Crippen LogP contribution in [-0.4, -0.2) is 60.4 Å². The zero-order valence-electron chi connectivity index (χ0n) is 22.1. The molecule has 194 valence electrons. The van der Waals surface area contributed by atoms with Crippen LogP contribution in [0.1, 0.15) is 55.1 Å². The Hall–Kier alpha value is -3.86. The summed E-state index contributed by atoms with van der Waals surface area (Å²) < 4.78 is 5.38. The fourth-order valence-electron chi connectivity index (χ4n) is 5.47. The van der Waals surface area contributed by atoms with E-state index in [0.717, 1.165) is 23.2 Å². The van der Waals surface area contributed by atoms with Gasteiger partial charge >= 0.3 is 6.17 Å². The predicted octanol–water partition coefficient (Wildman–Crippen LogP) is 4.11. The van der Waals surface area contributed by atoms with E-state index >= 15 is 0 Å². The molecule has 4 rings (SSSR count). The van der Waals surface area contributed by atoms with Crippen LogP contribution in [0.2, 0.25) is 0 Å². The second-order valence-electron chi connectivity index (χ2n) is 10.3. The number of carbonyl (C=O) groups excluding carboxylic acids is 3. The molecule has 0 unspecified atom stereocenters. The lowest BCUT2D eigenvalue weighted by atomic mass is 9.80. The molecule has 37 heavy (non-hydrogen) atoms. The Labute approximate surface area is 218 Å². The van der Waals surface area contributed by atoms with Crippen LogP contribution >= 0.6 is 0 Å². The number of benzene rings is 2. The maximum atomic E-state index is 14.1. The molecule has 0 radical (unpaired) electrons. The van der Waals surface area contributed by atoms with Crippen molar-refractivity contribution in [3.8, 4) is 5.75 Å². The number of ether oxygens (including phenoxy) is 1. The topological polar surface area (TPSA) is 83.3 Å². The van der Waals surface area contributed by atoms with Gasteiger partial charge < -0.3 is 15.0 Å². The highest BCUT2D eigenvalue weighted by molar-refractivity contribution is 6.07. The summed E-state index contributed by atoms with van der Waals surface area (Å²) in [7, 11) is 3.19. The van der Waals surface area contributed by atoms with E-state index in [1.807, 2.05) is 57.2 Å². The molecule has 2 aromatic rings. The average Bonchev–Trinajstić information content (AvgIpc) is 3.43. The van der Waals surface area contributed by atoms with Crippen molar-refractivity contribution in [1.29, 1.82) is 0 Å². The zero-order valence-corrected chi connectivity index (χ0v) is 22.1. The van der Waals surface area contributed by atoms with Crippen LogP contribution < -0.4 is 10.1 Å². The number of rotatable bonds is 7. The first-order valence-corrected chi connectivity index (χ1v) is 12.7.